The van der Waals surface area contributed by atoms with Crippen molar-refractivity contribution in [1.29, 1.82) is 0 Å². The van der Waals surface area contributed by atoms with Gasteiger partial charge in [0.2, 0.25) is 0 Å². The summed E-state index contributed by atoms with van der Waals surface area (Å²) in [4.78, 5) is 0. The van der Waals surface area contributed by atoms with Gasteiger partial charge in [-0.05, 0) is 18.8 Å². The average Bonchev–Trinajstić information content (AvgIpc) is 2.03. The van der Waals surface area contributed by atoms with Crippen molar-refractivity contribution >= 4 is 22.8 Å². The molecule has 0 aliphatic carbocycles. The summed E-state index contributed by atoms with van der Waals surface area (Å²) >= 11 is 0. The summed E-state index contributed by atoms with van der Waals surface area (Å²) in [6, 6.07) is 10.2. The highest BCUT2D eigenvalue weighted by Crippen LogP contribution is 2.09. The van der Waals surface area contributed by atoms with Crippen LogP contribution in [0, 0.1) is 0 Å². The van der Waals surface area contributed by atoms with Crippen molar-refractivity contribution in [2.24, 2.45) is 4.63 Å². The van der Waals surface area contributed by atoms with E-state index in [4.69, 9.17) is 0 Å². The summed E-state index contributed by atoms with van der Waals surface area (Å²) in [5.74, 6) is 0. The number of rotatable bonds is 2. The second-order valence-corrected chi connectivity index (χ2v) is 5.48. The molecule has 0 radical (unpaired) electrons. The van der Waals surface area contributed by atoms with E-state index in [1.807, 2.05) is 30.3 Å². The third kappa shape index (κ3) is 2.50. The van der Waals surface area contributed by atoms with Crippen molar-refractivity contribution in [2.45, 2.75) is 0 Å². The van der Waals surface area contributed by atoms with Crippen molar-refractivity contribution in [2.75, 3.05) is 6.66 Å². The molecule has 0 amide bonds. The van der Waals surface area contributed by atoms with E-state index in [-0.39, 0.29) is 0 Å². The smallest absolute Gasteiger partial charge is 0.138 e. The lowest BCUT2D eigenvalue weighted by atomic mass is 10.3. The minimum Gasteiger partial charge on any atom is -0.301 e. The summed E-state index contributed by atoms with van der Waals surface area (Å²) in [5, 5.41) is 0. The Morgan fingerprint density at radius 2 is 2.00 bits per heavy atom. The van der Waals surface area contributed by atoms with Gasteiger partial charge in [-0.25, -0.2) is 0 Å². The van der Waals surface area contributed by atoms with Gasteiger partial charge in [0, 0.05) is 0 Å². The van der Waals surface area contributed by atoms with Gasteiger partial charge < -0.3 is 4.63 Å². The van der Waals surface area contributed by atoms with Crippen LogP contribution < -0.4 is 0 Å². The fraction of sp³-hybridized carbons (Fsp3) is 0.143. The van der Waals surface area contributed by atoms with E-state index in [9.17, 15) is 0 Å². The van der Waals surface area contributed by atoms with E-state index >= 15 is 0 Å². The quantitative estimate of drug-likeness (QED) is 0.473. The summed E-state index contributed by atoms with van der Waals surface area (Å²) in [5.41, 5.74) is 1.13. The van der Waals surface area contributed by atoms with Gasteiger partial charge in [-0.2, -0.15) is 0 Å². The molecule has 0 saturated heterocycles. The van der Waals surface area contributed by atoms with Crippen LogP contribution >= 0.6 is 8.13 Å². The summed E-state index contributed by atoms with van der Waals surface area (Å²) in [7, 11) is 1.31. The topological polar surface area (TPSA) is 12.4 Å². The van der Waals surface area contributed by atoms with E-state index in [1.54, 1.807) is 0 Å². The van der Waals surface area contributed by atoms with Crippen molar-refractivity contribution < 1.29 is 0 Å². The van der Waals surface area contributed by atoms with Crippen LogP contribution in [0.2, 0.25) is 0 Å². The van der Waals surface area contributed by atoms with Gasteiger partial charge >= 0.3 is 0 Å². The number of hydrogen-bond donors (Lipinski definition) is 0. The Balaban J connectivity index is 2.67. The zero-order valence-corrected chi connectivity index (χ0v) is 8.07. The second kappa shape index (κ2) is 4.48. The predicted molar refractivity (Wildman–Crippen MR) is 49.9 cm³/mol. The maximum absolute atomic E-state index is 4.42. The monoisotopic (exact) mass is 167 g/mol. The SMILES string of the molecule is CP/[SiH]=N/c1ccccc1. The molecule has 1 aromatic carbocycles. The molecule has 0 N–H and O–H groups in total. The van der Waals surface area contributed by atoms with E-state index < -0.39 is 0 Å². The Morgan fingerprint density at radius 1 is 1.30 bits per heavy atom. The maximum Gasteiger partial charge on any atom is 0.138 e. The fourth-order valence-corrected chi connectivity index (χ4v) is 1.94. The molecule has 3 heteroatoms. The Morgan fingerprint density at radius 3 is 2.60 bits per heavy atom. The highest BCUT2D eigenvalue weighted by Gasteiger charge is 1.79. The van der Waals surface area contributed by atoms with Crippen LogP contribution in [-0.2, 0) is 0 Å². The molecule has 0 fully saturated rings. The van der Waals surface area contributed by atoms with Crippen LogP contribution in [0.3, 0.4) is 0 Å². The molecular formula is C7H10NPSi. The van der Waals surface area contributed by atoms with E-state index in [2.05, 4.69) is 11.3 Å². The van der Waals surface area contributed by atoms with E-state index in [1.165, 1.54) is 0 Å². The van der Waals surface area contributed by atoms with Gasteiger partial charge in [0.05, 0.1) is 5.69 Å². The highest BCUT2D eigenvalue weighted by atomic mass is 31.3. The molecule has 1 nitrogen and oxygen atoms in total. The predicted octanol–water partition coefficient (Wildman–Crippen LogP) is 2.16. The first-order chi connectivity index (χ1) is 4.93. The molecular weight excluding hydrogens is 157 g/mol. The first-order valence-corrected chi connectivity index (χ1v) is 7.01. The Bertz CT molecular complexity index is 210. The van der Waals surface area contributed by atoms with Gasteiger partial charge in [-0.3, -0.25) is 0 Å². The number of para-hydroxylation sites is 1. The maximum atomic E-state index is 4.42. The lowest BCUT2D eigenvalue weighted by Gasteiger charge is -1.88. The number of nitrogens with zero attached hydrogens (tertiary/aromatic N) is 1. The average molecular weight is 167 g/mol. The van der Waals surface area contributed by atoms with Crippen molar-refractivity contribution in [3.8, 4) is 0 Å². The Kier molecular flexibility index (Phi) is 3.48. The fourth-order valence-electron chi connectivity index (χ4n) is 0.653. The molecule has 0 spiro atoms. The molecule has 0 aliphatic rings. The van der Waals surface area contributed by atoms with Gasteiger partial charge in [0.25, 0.3) is 0 Å². The normalized spacial score (nSPS) is 11.7. The van der Waals surface area contributed by atoms with Crippen LogP contribution in [0.25, 0.3) is 0 Å². The molecule has 1 aromatic rings. The Labute approximate surface area is 65.0 Å². The minimum atomic E-state index is 0.311. The molecule has 0 aliphatic heterocycles. The first kappa shape index (κ1) is 7.77. The number of hydrogen-bond acceptors (Lipinski definition) is 1. The molecule has 1 rings (SSSR count). The lowest BCUT2D eigenvalue weighted by Crippen LogP contribution is -1.63. The standard InChI is InChI=1S/C7H10NPSi/c1-9-10-8-7-5-3-2-4-6-7/h2-6,9-10H,1H3/b10-8+. The largest absolute Gasteiger partial charge is 0.301 e. The highest BCUT2D eigenvalue weighted by molar-refractivity contribution is 7.67. The molecule has 10 heavy (non-hydrogen) atoms. The third-order valence-electron chi connectivity index (χ3n) is 1.10. The Hall–Kier alpha value is -0.333. The molecule has 0 aromatic heterocycles. The summed E-state index contributed by atoms with van der Waals surface area (Å²) < 4.78 is 4.42. The van der Waals surface area contributed by atoms with Gasteiger partial charge in [0.15, 0.2) is 0 Å². The zero-order chi connectivity index (χ0) is 7.23. The summed E-state index contributed by atoms with van der Waals surface area (Å²) in [6.07, 6.45) is 0. The number of benzene rings is 1. The van der Waals surface area contributed by atoms with Crippen LogP contribution in [0.4, 0.5) is 5.69 Å². The van der Waals surface area contributed by atoms with Crippen LogP contribution in [0.5, 0.6) is 0 Å². The van der Waals surface area contributed by atoms with Crippen LogP contribution in [0.1, 0.15) is 0 Å². The molecule has 52 valence electrons. The first-order valence-electron chi connectivity index (χ1n) is 3.18. The van der Waals surface area contributed by atoms with Crippen molar-refractivity contribution in [3.63, 3.8) is 0 Å². The molecule has 0 heterocycles. The van der Waals surface area contributed by atoms with Gasteiger partial charge in [-0.15, -0.1) is 8.13 Å². The molecule has 1 atom stereocenters. The van der Waals surface area contributed by atoms with Crippen LogP contribution in [-0.4, -0.2) is 15.6 Å². The lowest BCUT2D eigenvalue weighted by molar-refractivity contribution is 1.56. The van der Waals surface area contributed by atoms with E-state index in [0.29, 0.717) is 8.98 Å². The third-order valence-corrected chi connectivity index (χ3v) is 2.95. The second-order valence-electron chi connectivity index (χ2n) is 1.88. The summed E-state index contributed by atoms with van der Waals surface area (Å²) in [6.45, 7) is 2.20. The molecule has 0 bridgehead atoms. The van der Waals surface area contributed by atoms with E-state index in [0.717, 1.165) is 13.8 Å². The zero-order valence-electron chi connectivity index (χ0n) is 5.91. The van der Waals surface area contributed by atoms with Gasteiger partial charge in [0.1, 0.15) is 8.98 Å². The molecule has 1 unspecified atom stereocenters. The minimum absolute atomic E-state index is 0.311. The van der Waals surface area contributed by atoms with Crippen LogP contribution in [0.15, 0.2) is 35.0 Å². The van der Waals surface area contributed by atoms with Gasteiger partial charge in [-0.1, -0.05) is 18.2 Å². The van der Waals surface area contributed by atoms with Crippen molar-refractivity contribution in [3.05, 3.63) is 30.3 Å². The molecule has 0 saturated carbocycles. The van der Waals surface area contributed by atoms with Crippen molar-refractivity contribution in [1.82, 2.24) is 0 Å².